The molecule has 2 aromatic carbocycles. The molecule has 0 aliphatic carbocycles. The number of carbonyl (C=O) groups excluding carboxylic acids is 1. The van der Waals surface area contributed by atoms with Gasteiger partial charge in [0.25, 0.3) is 0 Å². The Morgan fingerprint density at radius 2 is 1.43 bits per heavy atom. The van der Waals surface area contributed by atoms with Crippen LogP contribution < -0.4 is 4.74 Å². The highest BCUT2D eigenvalue weighted by atomic mass is 32.2. The molecule has 1 N–H and O–H groups in total. The van der Waals surface area contributed by atoms with Crippen molar-refractivity contribution in [2.75, 3.05) is 0 Å². The number of rotatable bonds is 5. The zero-order valence-corrected chi connectivity index (χ0v) is 12.6. The van der Waals surface area contributed by atoms with Crippen LogP contribution in [0.3, 0.4) is 0 Å². The van der Waals surface area contributed by atoms with Gasteiger partial charge in [-0.05, 0) is 36.4 Å². The summed E-state index contributed by atoms with van der Waals surface area (Å²) in [5, 5.41) is 8.92. The fourth-order valence-corrected chi connectivity index (χ4v) is 1.86. The van der Waals surface area contributed by atoms with E-state index in [4.69, 9.17) is 9.84 Å². The Morgan fingerprint density at radius 1 is 0.905 bits per heavy atom. The smallest absolute Gasteiger partial charge is 0.337 e. The molecule has 0 heterocycles. The lowest BCUT2D eigenvalue weighted by Gasteiger charge is -2.15. The average molecular weight is 320 g/mol. The van der Waals surface area contributed by atoms with Crippen LogP contribution in [0.5, 0.6) is 11.5 Å². The standard InChI is InChI=1S/C15H12O4S2/c16-13(15(20,21)14(17)18)10-6-8-12(9-7-10)19-11-4-2-1-3-5-11/h1-9,20-21H,(H,17,18). The highest BCUT2D eigenvalue weighted by Gasteiger charge is 2.39. The number of para-hydroxylation sites is 1. The maximum atomic E-state index is 12.0. The number of Topliss-reactive ketones (excluding diaryl/α,β-unsaturated/α-hetero) is 1. The molecule has 0 radical (unpaired) electrons. The number of hydrogen-bond acceptors (Lipinski definition) is 5. The van der Waals surface area contributed by atoms with Crippen LogP contribution in [0.2, 0.25) is 0 Å². The number of hydrogen-bond donors (Lipinski definition) is 3. The molecule has 0 atom stereocenters. The molecule has 4 nitrogen and oxygen atoms in total. The van der Waals surface area contributed by atoms with Crippen LogP contribution in [0.1, 0.15) is 10.4 Å². The Hall–Kier alpha value is -1.92. The van der Waals surface area contributed by atoms with Crippen LogP contribution in [0.15, 0.2) is 54.6 Å². The first-order valence-corrected chi connectivity index (χ1v) is 6.86. The van der Waals surface area contributed by atoms with Gasteiger partial charge in [-0.2, -0.15) is 0 Å². The molecule has 108 valence electrons. The minimum Gasteiger partial charge on any atom is -0.479 e. The van der Waals surface area contributed by atoms with E-state index in [0.29, 0.717) is 11.5 Å². The number of ketones is 1. The minimum absolute atomic E-state index is 0.197. The van der Waals surface area contributed by atoms with Crippen molar-refractivity contribution in [1.82, 2.24) is 0 Å². The molecule has 2 aromatic rings. The summed E-state index contributed by atoms with van der Waals surface area (Å²) in [5.74, 6) is -0.909. The van der Waals surface area contributed by atoms with E-state index < -0.39 is 15.8 Å². The van der Waals surface area contributed by atoms with Crippen LogP contribution >= 0.6 is 25.3 Å². The van der Waals surface area contributed by atoms with E-state index in [0.717, 1.165) is 0 Å². The summed E-state index contributed by atoms with van der Waals surface area (Å²) in [6, 6.07) is 15.3. The number of carboxylic acids is 1. The maximum absolute atomic E-state index is 12.0. The zero-order valence-electron chi connectivity index (χ0n) is 10.8. The molecule has 0 unspecified atom stereocenters. The van der Waals surface area contributed by atoms with Crippen LogP contribution in [0.4, 0.5) is 0 Å². The van der Waals surface area contributed by atoms with Gasteiger partial charge in [-0.25, -0.2) is 4.79 Å². The lowest BCUT2D eigenvalue weighted by molar-refractivity contribution is -0.136. The van der Waals surface area contributed by atoms with E-state index >= 15 is 0 Å². The van der Waals surface area contributed by atoms with E-state index in [1.54, 1.807) is 24.3 Å². The fourth-order valence-electron chi connectivity index (χ4n) is 1.60. The van der Waals surface area contributed by atoms with Gasteiger partial charge in [0.05, 0.1) is 0 Å². The third-order valence-corrected chi connectivity index (χ3v) is 3.50. The number of carbonyl (C=O) groups is 2. The van der Waals surface area contributed by atoms with Crippen molar-refractivity contribution >= 4 is 37.0 Å². The van der Waals surface area contributed by atoms with Crippen LogP contribution in [-0.4, -0.2) is 20.9 Å². The molecule has 6 heteroatoms. The first-order valence-electron chi connectivity index (χ1n) is 5.97. The Bertz CT molecular complexity index is 651. The average Bonchev–Trinajstić information content (AvgIpc) is 2.48. The quantitative estimate of drug-likeness (QED) is 0.342. The summed E-state index contributed by atoms with van der Waals surface area (Å²) >= 11 is 7.56. The molecular weight excluding hydrogens is 308 g/mol. The summed E-state index contributed by atoms with van der Waals surface area (Å²) in [4.78, 5) is 22.9. The monoisotopic (exact) mass is 320 g/mol. The van der Waals surface area contributed by atoms with Crippen molar-refractivity contribution in [1.29, 1.82) is 0 Å². The van der Waals surface area contributed by atoms with E-state index in [2.05, 4.69) is 25.3 Å². The van der Waals surface area contributed by atoms with E-state index in [9.17, 15) is 9.59 Å². The van der Waals surface area contributed by atoms with Gasteiger partial charge in [0.1, 0.15) is 11.5 Å². The number of benzene rings is 2. The minimum atomic E-state index is -2.05. The second-order valence-corrected chi connectivity index (χ2v) is 5.94. The van der Waals surface area contributed by atoms with Gasteiger partial charge in [0.15, 0.2) is 5.78 Å². The molecule has 0 aliphatic heterocycles. The number of aliphatic carboxylic acids is 1. The number of ether oxygens (including phenoxy) is 1. The van der Waals surface area contributed by atoms with E-state index in [1.807, 2.05) is 18.2 Å². The van der Waals surface area contributed by atoms with E-state index in [-0.39, 0.29) is 5.56 Å². The van der Waals surface area contributed by atoms with Crippen molar-refractivity contribution in [3.63, 3.8) is 0 Å². The van der Waals surface area contributed by atoms with Crippen molar-refractivity contribution < 1.29 is 19.4 Å². The lowest BCUT2D eigenvalue weighted by atomic mass is 10.1. The summed E-state index contributed by atoms with van der Waals surface area (Å²) in [6.07, 6.45) is 0. The topological polar surface area (TPSA) is 63.6 Å². The van der Waals surface area contributed by atoms with Crippen molar-refractivity contribution in [2.24, 2.45) is 0 Å². The maximum Gasteiger partial charge on any atom is 0.337 e. The van der Waals surface area contributed by atoms with Gasteiger partial charge in [-0.15, -0.1) is 25.3 Å². The molecular formula is C15H12O4S2. The highest BCUT2D eigenvalue weighted by Crippen LogP contribution is 2.27. The van der Waals surface area contributed by atoms with Crippen molar-refractivity contribution in [3.05, 3.63) is 60.2 Å². The third kappa shape index (κ3) is 3.59. The predicted molar refractivity (Wildman–Crippen MR) is 85.6 cm³/mol. The first-order chi connectivity index (χ1) is 9.91. The molecule has 0 amide bonds. The molecule has 0 spiro atoms. The molecule has 0 aliphatic rings. The molecule has 0 bridgehead atoms. The van der Waals surface area contributed by atoms with Crippen LogP contribution in [0, 0.1) is 0 Å². The fraction of sp³-hybridized carbons (Fsp3) is 0.0667. The largest absolute Gasteiger partial charge is 0.479 e. The van der Waals surface area contributed by atoms with Gasteiger partial charge < -0.3 is 9.84 Å². The molecule has 2 rings (SSSR count). The van der Waals surface area contributed by atoms with Crippen molar-refractivity contribution in [2.45, 2.75) is 4.08 Å². The SMILES string of the molecule is O=C(O)C(S)(S)C(=O)c1ccc(Oc2ccccc2)cc1. The summed E-state index contributed by atoms with van der Waals surface area (Å²) in [7, 11) is 0. The second kappa shape index (κ2) is 6.24. The third-order valence-electron chi connectivity index (χ3n) is 2.71. The van der Waals surface area contributed by atoms with Gasteiger partial charge in [-0.1, -0.05) is 18.2 Å². The molecule has 0 saturated carbocycles. The summed E-state index contributed by atoms with van der Waals surface area (Å²) in [6.45, 7) is 0. The predicted octanol–water partition coefficient (Wildman–Crippen LogP) is 3.30. The Morgan fingerprint density at radius 3 is 1.95 bits per heavy atom. The van der Waals surface area contributed by atoms with Gasteiger partial charge >= 0.3 is 5.97 Å². The summed E-state index contributed by atoms with van der Waals surface area (Å²) < 4.78 is 3.53. The lowest BCUT2D eigenvalue weighted by Crippen LogP contribution is -2.35. The molecule has 0 fully saturated rings. The molecule has 0 aromatic heterocycles. The zero-order chi connectivity index (χ0) is 15.5. The van der Waals surface area contributed by atoms with E-state index in [1.165, 1.54) is 12.1 Å². The number of thiol groups is 2. The van der Waals surface area contributed by atoms with Gasteiger partial charge in [0, 0.05) is 5.56 Å². The van der Waals surface area contributed by atoms with Gasteiger partial charge in [-0.3, -0.25) is 4.79 Å². The normalized spacial score (nSPS) is 11.0. The Balaban J connectivity index is 2.16. The second-order valence-electron chi connectivity index (χ2n) is 4.25. The molecule has 21 heavy (non-hydrogen) atoms. The number of carboxylic acid groups (broad SMARTS) is 1. The first kappa shape index (κ1) is 15.5. The van der Waals surface area contributed by atoms with Crippen LogP contribution in [0.25, 0.3) is 0 Å². The Kier molecular flexibility index (Phi) is 4.59. The highest BCUT2D eigenvalue weighted by molar-refractivity contribution is 8.03. The van der Waals surface area contributed by atoms with Crippen molar-refractivity contribution in [3.8, 4) is 11.5 Å². The molecule has 0 saturated heterocycles. The summed E-state index contributed by atoms with van der Waals surface area (Å²) in [5.41, 5.74) is 0.197. The van der Waals surface area contributed by atoms with Gasteiger partial charge in [0.2, 0.25) is 4.08 Å². The van der Waals surface area contributed by atoms with Crippen LogP contribution in [-0.2, 0) is 4.79 Å². The Labute approximate surface area is 132 Å².